The number of nitriles is 1. The van der Waals surface area contributed by atoms with E-state index in [4.69, 9.17) is 11.6 Å². The first-order chi connectivity index (χ1) is 13.8. The normalized spacial score (nSPS) is 11.2. The summed E-state index contributed by atoms with van der Waals surface area (Å²) < 4.78 is 14.8. The molecule has 1 aromatic heterocycles. The maximum atomic E-state index is 13.2. The average Bonchev–Trinajstić information content (AvgIpc) is 2.97. The third kappa shape index (κ3) is 4.20. The van der Waals surface area contributed by atoms with Crippen molar-refractivity contribution in [3.8, 4) is 11.8 Å². The van der Waals surface area contributed by atoms with Crippen LogP contribution in [0.15, 0.2) is 48.0 Å². The molecule has 3 aromatic rings. The molecule has 29 heavy (non-hydrogen) atoms. The molecule has 0 saturated heterocycles. The number of carbonyl (C=O) groups excluding carboxylic acids is 1. The second-order valence-electron chi connectivity index (χ2n) is 6.51. The second-order valence-corrected chi connectivity index (χ2v) is 6.92. The molecule has 0 radical (unpaired) electrons. The molecule has 1 heterocycles. The van der Waals surface area contributed by atoms with E-state index in [0.29, 0.717) is 27.7 Å². The Morgan fingerprint density at radius 3 is 2.55 bits per heavy atom. The molecular formula is C22H18ClFN4O. The third-order valence-electron chi connectivity index (χ3n) is 4.59. The minimum absolute atomic E-state index is 0.0609. The van der Waals surface area contributed by atoms with Crippen molar-refractivity contribution in [1.82, 2.24) is 9.78 Å². The Morgan fingerprint density at radius 2 is 1.90 bits per heavy atom. The van der Waals surface area contributed by atoms with Crippen molar-refractivity contribution >= 4 is 29.3 Å². The first-order valence-corrected chi connectivity index (χ1v) is 9.20. The van der Waals surface area contributed by atoms with E-state index in [9.17, 15) is 14.4 Å². The Morgan fingerprint density at radius 1 is 1.21 bits per heavy atom. The summed E-state index contributed by atoms with van der Waals surface area (Å²) in [5.74, 6) is -0.874. The SMILES string of the molecule is Cc1nn(-c2ccc(F)cc2)c(C)c1/C=C(\C#N)C(=O)Nc1cccc(Cl)c1C. The van der Waals surface area contributed by atoms with Crippen molar-refractivity contribution in [2.24, 2.45) is 0 Å². The van der Waals surface area contributed by atoms with E-state index in [0.717, 1.165) is 11.3 Å². The number of nitrogens with one attached hydrogen (secondary N) is 1. The Labute approximate surface area is 173 Å². The zero-order valence-electron chi connectivity index (χ0n) is 16.1. The first-order valence-electron chi connectivity index (χ1n) is 8.82. The fourth-order valence-electron chi connectivity index (χ4n) is 2.92. The van der Waals surface area contributed by atoms with Crippen LogP contribution in [0.2, 0.25) is 5.02 Å². The van der Waals surface area contributed by atoms with Gasteiger partial charge in [0.25, 0.3) is 5.91 Å². The highest BCUT2D eigenvalue weighted by Crippen LogP contribution is 2.24. The monoisotopic (exact) mass is 408 g/mol. The van der Waals surface area contributed by atoms with Crippen molar-refractivity contribution in [3.63, 3.8) is 0 Å². The summed E-state index contributed by atoms with van der Waals surface area (Å²) in [5.41, 5.74) is 3.91. The van der Waals surface area contributed by atoms with E-state index >= 15 is 0 Å². The van der Waals surface area contributed by atoms with Gasteiger partial charge in [-0.1, -0.05) is 17.7 Å². The smallest absolute Gasteiger partial charge is 0.266 e. The van der Waals surface area contributed by atoms with Crippen LogP contribution in [0, 0.1) is 37.9 Å². The number of hydrogen-bond donors (Lipinski definition) is 1. The number of carbonyl (C=O) groups is 1. The number of anilines is 1. The van der Waals surface area contributed by atoms with Gasteiger partial charge in [0.05, 0.1) is 11.4 Å². The van der Waals surface area contributed by atoms with E-state index in [2.05, 4.69) is 10.4 Å². The van der Waals surface area contributed by atoms with Crippen LogP contribution in [0.4, 0.5) is 10.1 Å². The van der Waals surface area contributed by atoms with Gasteiger partial charge < -0.3 is 5.32 Å². The predicted octanol–water partition coefficient (Wildman–Crippen LogP) is 5.14. The largest absolute Gasteiger partial charge is 0.321 e. The molecule has 0 unspecified atom stereocenters. The highest BCUT2D eigenvalue weighted by atomic mass is 35.5. The summed E-state index contributed by atoms with van der Waals surface area (Å²) in [6.07, 6.45) is 1.51. The van der Waals surface area contributed by atoms with Gasteiger partial charge in [-0.3, -0.25) is 4.79 Å². The van der Waals surface area contributed by atoms with Crippen LogP contribution in [0.5, 0.6) is 0 Å². The summed E-state index contributed by atoms with van der Waals surface area (Å²) in [5, 5.41) is 17.2. The van der Waals surface area contributed by atoms with Gasteiger partial charge >= 0.3 is 0 Å². The van der Waals surface area contributed by atoms with Crippen LogP contribution >= 0.6 is 11.6 Å². The minimum atomic E-state index is -0.536. The zero-order chi connectivity index (χ0) is 21.1. The lowest BCUT2D eigenvalue weighted by atomic mass is 10.1. The quantitative estimate of drug-likeness (QED) is 0.480. The Hall–Kier alpha value is -3.43. The third-order valence-corrected chi connectivity index (χ3v) is 5.00. The molecule has 0 aliphatic rings. The van der Waals surface area contributed by atoms with Crippen molar-refractivity contribution in [1.29, 1.82) is 5.26 Å². The second kappa shape index (κ2) is 8.29. The van der Waals surface area contributed by atoms with Crippen molar-refractivity contribution in [3.05, 3.63) is 81.4 Å². The predicted molar refractivity (Wildman–Crippen MR) is 111 cm³/mol. The molecule has 0 fully saturated rings. The van der Waals surface area contributed by atoms with Crippen LogP contribution in [0.25, 0.3) is 11.8 Å². The maximum Gasteiger partial charge on any atom is 0.266 e. The number of amides is 1. The molecule has 0 aliphatic carbocycles. The van der Waals surface area contributed by atoms with Crippen LogP contribution < -0.4 is 5.32 Å². The Bertz CT molecular complexity index is 1160. The molecule has 0 saturated carbocycles. The lowest BCUT2D eigenvalue weighted by molar-refractivity contribution is -0.112. The molecule has 3 rings (SSSR count). The van der Waals surface area contributed by atoms with Gasteiger partial charge in [-0.2, -0.15) is 10.4 Å². The lowest BCUT2D eigenvalue weighted by Gasteiger charge is -2.09. The zero-order valence-corrected chi connectivity index (χ0v) is 16.9. The number of aromatic nitrogens is 2. The number of halogens is 2. The first kappa shape index (κ1) is 20.3. The number of nitrogens with zero attached hydrogens (tertiary/aromatic N) is 3. The summed E-state index contributed by atoms with van der Waals surface area (Å²) in [6.45, 7) is 5.39. The molecule has 1 amide bonds. The summed E-state index contributed by atoms with van der Waals surface area (Å²) in [7, 11) is 0. The lowest BCUT2D eigenvalue weighted by Crippen LogP contribution is -2.14. The summed E-state index contributed by atoms with van der Waals surface area (Å²) in [4.78, 5) is 12.6. The Balaban J connectivity index is 1.95. The molecule has 2 aromatic carbocycles. The van der Waals surface area contributed by atoms with Gasteiger partial charge in [0.1, 0.15) is 17.5 Å². The van der Waals surface area contributed by atoms with Gasteiger partial charge in [0.15, 0.2) is 0 Å². The van der Waals surface area contributed by atoms with E-state index in [1.807, 2.05) is 13.0 Å². The number of rotatable bonds is 4. The molecule has 0 atom stereocenters. The molecular weight excluding hydrogens is 391 g/mol. The number of aryl methyl sites for hydroxylation is 1. The maximum absolute atomic E-state index is 13.2. The fraction of sp³-hybridized carbons (Fsp3) is 0.136. The van der Waals surface area contributed by atoms with E-state index in [-0.39, 0.29) is 11.4 Å². The van der Waals surface area contributed by atoms with Crippen molar-refractivity contribution < 1.29 is 9.18 Å². The minimum Gasteiger partial charge on any atom is -0.321 e. The van der Waals surface area contributed by atoms with Crippen LogP contribution in [-0.2, 0) is 4.79 Å². The molecule has 0 aliphatic heterocycles. The van der Waals surface area contributed by atoms with Crippen molar-refractivity contribution in [2.75, 3.05) is 5.32 Å². The Kier molecular flexibility index (Phi) is 5.81. The van der Waals surface area contributed by atoms with Gasteiger partial charge in [0.2, 0.25) is 0 Å². The molecule has 0 spiro atoms. The summed E-state index contributed by atoms with van der Waals surface area (Å²) >= 11 is 6.09. The highest BCUT2D eigenvalue weighted by Gasteiger charge is 2.16. The highest BCUT2D eigenvalue weighted by molar-refractivity contribution is 6.31. The topological polar surface area (TPSA) is 70.7 Å². The standard InChI is InChI=1S/C22H18ClFN4O/c1-13-20(23)5-4-6-21(13)26-22(29)16(12-25)11-19-14(2)27-28(15(19)3)18-9-7-17(24)8-10-18/h4-11H,1-3H3,(H,26,29)/b16-11+. The van der Waals surface area contributed by atoms with Crippen LogP contribution in [0.3, 0.4) is 0 Å². The van der Waals surface area contributed by atoms with Crippen LogP contribution in [-0.4, -0.2) is 15.7 Å². The molecule has 1 N–H and O–H groups in total. The fourth-order valence-corrected chi connectivity index (χ4v) is 3.10. The van der Waals surface area contributed by atoms with Crippen LogP contribution in [0.1, 0.15) is 22.5 Å². The van der Waals surface area contributed by atoms with E-state index in [1.165, 1.54) is 18.2 Å². The molecule has 5 nitrogen and oxygen atoms in total. The van der Waals surface area contributed by atoms with Crippen molar-refractivity contribution in [2.45, 2.75) is 20.8 Å². The number of hydrogen-bond acceptors (Lipinski definition) is 3. The average molecular weight is 409 g/mol. The molecule has 146 valence electrons. The van der Waals surface area contributed by atoms with E-state index < -0.39 is 5.91 Å². The van der Waals surface area contributed by atoms with Gasteiger partial charge in [-0.25, -0.2) is 9.07 Å². The van der Waals surface area contributed by atoms with E-state index in [1.54, 1.807) is 48.9 Å². The van der Waals surface area contributed by atoms with Gasteiger partial charge in [0, 0.05) is 22.0 Å². The summed E-state index contributed by atoms with van der Waals surface area (Å²) in [6, 6.07) is 13.0. The number of benzene rings is 2. The van der Waals surface area contributed by atoms with Gasteiger partial charge in [-0.05, 0) is 68.8 Å². The van der Waals surface area contributed by atoms with Gasteiger partial charge in [-0.15, -0.1) is 0 Å². The molecule has 0 bridgehead atoms. The molecule has 7 heteroatoms.